The van der Waals surface area contributed by atoms with Gasteiger partial charge in [-0.05, 0) is 45.4 Å². The van der Waals surface area contributed by atoms with Crippen LogP contribution in [0.25, 0.3) is 0 Å². The van der Waals surface area contributed by atoms with E-state index >= 15 is 0 Å². The molecule has 3 rings (SSSR count). The highest BCUT2D eigenvalue weighted by Crippen LogP contribution is 2.71. The van der Waals surface area contributed by atoms with E-state index in [-0.39, 0.29) is 24.4 Å². The second-order valence-electron chi connectivity index (χ2n) is 10.2. The molecule has 35 heavy (non-hydrogen) atoms. The summed E-state index contributed by atoms with van der Waals surface area (Å²) in [6.45, 7) is 13.3. The molecule has 2 amide bonds. The van der Waals surface area contributed by atoms with Crippen LogP contribution in [0, 0.1) is 11.8 Å². The van der Waals surface area contributed by atoms with Gasteiger partial charge in [0, 0.05) is 31.0 Å². The number of allylic oxidation sites excluding steroid dienone is 1. The molecule has 2 bridgehead atoms. The van der Waals surface area contributed by atoms with E-state index in [0.29, 0.717) is 45.5 Å². The van der Waals surface area contributed by atoms with Crippen molar-refractivity contribution in [1.82, 2.24) is 9.80 Å². The molecule has 0 aromatic rings. The summed E-state index contributed by atoms with van der Waals surface area (Å²) in [5.74, 6) is -1.68. The van der Waals surface area contributed by atoms with Gasteiger partial charge in [0.05, 0.1) is 23.2 Å². The zero-order chi connectivity index (χ0) is 25.6. The van der Waals surface area contributed by atoms with Gasteiger partial charge in [0.25, 0.3) is 0 Å². The number of likely N-dealkylation sites (tertiary alicyclic amines) is 1. The van der Waals surface area contributed by atoms with Gasteiger partial charge >= 0.3 is 5.97 Å². The molecule has 0 aromatic carbocycles. The molecule has 0 aromatic heterocycles. The van der Waals surface area contributed by atoms with Gasteiger partial charge in [-0.2, -0.15) is 0 Å². The third-order valence-electron chi connectivity index (χ3n) is 7.81. The van der Waals surface area contributed by atoms with Crippen molar-refractivity contribution in [2.45, 2.75) is 80.7 Å². The van der Waals surface area contributed by atoms with E-state index in [1.165, 1.54) is 0 Å². The highest BCUT2D eigenvalue weighted by atomic mass is 32.2. The van der Waals surface area contributed by atoms with Crippen LogP contribution in [0.1, 0.15) is 65.2 Å². The van der Waals surface area contributed by atoms with Gasteiger partial charge in [-0.15, -0.1) is 24.9 Å². The predicted octanol–water partition coefficient (Wildman–Crippen LogP) is 3.56. The summed E-state index contributed by atoms with van der Waals surface area (Å²) in [5.41, 5.74) is 0. The zero-order valence-corrected chi connectivity index (χ0v) is 22.2. The van der Waals surface area contributed by atoms with Crippen molar-refractivity contribution in [3.05, 3.63) is 25.3 Å². The standard InChI is InChI=1S/C27H42N2O5S/c1-5-8-10-16-28(15-7-3)24(32)22-27-14-13-26(4,35-27)21(25(33)34-19-11-9-6-2)20(27)23(31)29(22)17-12-18-30/h6-7,20-22,30H,2-3,5,8-19H2,1,4H3/t20-,21+,22?,26-,27?/m0/s1. The number of esters is 1. The Morgan fingerprint density at radius 1 is 1.23 bits per heavy atom. The first kappa shape index (κ1) is 27.8. The molecule has 3 heterocycles. The summed E-state index contributed by atoms with van der Waals surface area (Å²) in [7, 11) is 0. The van der Waals surface area contributed by atoms with Gasteiger partial charge < -0.3 is 19.6 Å². The van der Waals surface area contributed by atoms with E-state index in [4.69, 9.17) is 4.74 Å². The molecule has 5 atom stereocenters. The number of fused-ring (bicyclic) bond motifs is 1. The highest BCUT2D eigenvalue weighted by Gasteiger charge is 2.77. The van der Waals surface area contributed by atoms with Gasteiger partial charge in [-0.1, -0.05) is 31.9 Å². The fourth-order valence-electron chi connectivity index (χ4n) is 6.21. The lowest BCUT2D eigenvalue weighted by molar-refractivity contribution is -0.155. The molecule has 3 saturated heterocycles. The number of aliphatic hydroxyl groups excluding tert-OH is 1. The Morgan fingerprint density at radius 2 is 2.00 bits per heavy atom. The Bertz CT molecular complexity index is 819. The van der Waals surface area contributed by atoms with Crippen LogP contribution in [0.5, 0.6) is 0 Å². The van der Waals surface area contributed by atoms with Gasteiger partial charge in [0.1, 0.15) is 6.04 Å². The molecule has 0 saturated carbocycles. The van der Waals surface area contributed by atoms with Crippen molar-refractivity contribution in [1.29, 1.82) is 0 Å². The van der Waals surface area contributed by atoms with Gasteiger partial charge in [0.15, 0.2) is 0 Å². The van der Waals surface area contributed by atoms with Crippen molar-refractivity contribution in [2.75, 3.05) is 32.8 Å². The number of ether oxygens (including phenoxy) is 1. The van der Waals surface area contributed by atoms with Gasteiger partial charge in [-0.25, -0.2) is 0 Å². The average molecular weight is 507 g/mol. The minimum atomic E-state index is -0.645. The van der Waals surface area contributed by atoms with Gasteiger partial charge in [0.2, 0.25) is 11.8 Å². The van der Waals surface area contributed by atoms with Crippen LogP contribution in [-0.2, 0) is 19.1 Å². The second kappa shape index (κ2) is 12.0. The van der Waals surface area contributed by atoms with E-state index in [2.05, 4.69) is 27.0 Å². The van der Waals surface area contributed by atoms with E-state index in [1.807, 2.05) is 4.90 Å². The monoisotopic (exact) mass is 506 g/mol. The fraction of sp³-hybridized carbons (Fsp3) is 0.741. The van der Waals surface area contributed by atoms with Crippen LogP contribution in [0.15, 0.2) is 25.3 Å². The molecule has 2 unspecified atom stereocenters. The number of amides is 2. The largest absolute Gasteiger partial charge is 0.465 e. The lowest BCUT2D eigenvalue weighted by Gasteiger charge is -2.37. The number of unbranched alkanes of at least 4 members (excludes halogenated alkanes) is 3. The molecular formula is C27H42N2O5S. The number of carbonyl (C=O) groups is 3. The van der Waals surface area contributed by atoms with Crippen LogP contribution >= 0.6 is 11.8 Å². The van der Waals surface area contributed by atoms with E-state index in [9.17, 15) is 19.5 Å². The minimum absolute atomic E-state index is 0.0607. The molecule has 3 aliphatic rings. The van der Waals surface area contributed by atoms with E-state index in [0.717, 1.165) is 32.1 Å². The maximum atomic E-state index is 14.1. The number of thioether (sulfide) groups is 1. The Hall–Kier alpha value is -1.80. The second-order valence-corrected chi connectivity index (χ2v) is 12.1. The Labute approximate surface area is 214 Å². The third-order valence-corrected chi connectivity index (χ3v) is 9.80. The third kappa shape index (κ3) is 5.19. The van der Waals surface area contributed by atoms with Crippen LogP contribution < -0.4 is 0 Å². The van der Waals surface area contributed by atoms with Crippen LogP contribution in [0.2, 0.25) is 0 Å². The first-order valence-electron chi connectivity index (χ1n) is 13.1. The number of nitrogens with zero attached hydrogens (tertiary/aromatic N) is 2. The molecule has 7 nitrogen and oxygen atoms in total. The number of carbonyl (C=O) groups excluding carboxylic acids is 3. The molecule has 196 valence electrons. The molecule has 0 radical (unpaired) electrons. The van der Waals surface area contributed by atoms with Crippen molar-refractivity contribution in [3.8, 4) is 0 Å². The van der Waals surface area contributed by atoms with E-state index < -0.39 is 27.4 Å². The zero-order valence-electron chi connectivity index (χ0n) is 21.4. The van der Waals surface area contributed by atoms with Crippen LogP contribution in [-0.4, -0.2) is 81.1 Å². The quantitative estimate of drug-likeness (QED) is 0.208. The molecule has 3 fully saturated rings. The normalized spacial score (nSPS) is 30.9. The average Bonchev–Trinajstić information content (AvgIpc) is 3.40. The SMILES string of the molecule is C=CCCCOC(=O)[C@H]1[C@H]2C(=O)N(CCCO)C(C(=O)N(CC=C)CCCCC)C23CC[C@]1(C)S3. The summed E-state index contributed by atoms with van der Waals surface area (Å²) >= 11 is 1.66. The first-order valence-corrected chi connectivity index (χ1v) is 13.9. The van der Waals surface area contributed by atoms with Crippen molar-refractivity contribution in [2.24, 2.45) is 11.8 Å². The van der Waals surface area contributed by atoms with E-state index in [1.54, 1.807) is 28.8 Å². The van der Waals surface area contributed by atoms with Crippen molar-refractivity contribution < 1.29 is 24.2 Å². The van der Waals surface area contributed by atoms with Gasteiger partial charge in [-0.3, -0.25) is 14.4 Å². The number of hydrogen-bond donors (Lipinski definition) is 1. The molecule has 3 aliphatic heterocycles. The van der Waals surface area contributed by atoms with Crippen LogP contribution in [0.4, 0.5) is 0 Å². The van der Waals surface area contributed by atoms with Crippen molar-refractivity contribution in [3.63, 3.8) is 0 Å². The molecule has 1 spiro atoms. The lowest BCUT2D eigenvalue weighted by Crippen LogP contribution is -2.55. The maximum Gasteiger partial charge on any atom is 0.311 e. The summed E-state index contributed by atoms with van der Waals surface area (Å²) in [6, 6.07) is -0.640. The Balaban J connectivity index is 1.93. The van der Waals surface area contributed by atoms with Crippen LogP contribution in [0.3, 0.4) is 0 Å². The summed E-state index contributed by atoms with van der Waals surface area (Å²) in [4.78, 5) is 44.8. The molecule has 0 aliphatic carbocycles. The topological polar surface area (TPSA) is 87.1 Å². The number of aliphatic hydroxyl groups is 1. The summed E-state index contributed by atoms with van der Waals surface area (Å²) in [6.07, 6.45) is 9.85. The highest BCUT2D eigenvalue weighted by molar-refractivity contribution is 8.02. The Kier molecular flexibility index (Phi) is 9.49. The molecule has 1 N–H and O–H groups in total. The Morgan fingerprint density at radius 3 is 2.66 bits per heavy atom. The first-order chi connectivity index (χ1) is 16.8. The maximum absolute atomic E-state index is 14.1. The molecular weight excluding hydrogens is 464 g/mol. The number of hydrogen-bond acceptors (Lipinski definition) is 6. The number of rotatable bonds is 15. The summed E-state index contributed by atoms with van der Waals surface area (Å²) < 4.78 is 4.57. The lowest BCUT2D eigenvalue weighted by atomic mass is 9.66. The summed E-state index contributed by atoms with van der Waals surface area (Å²) in [5, 5.41) is 9.50. The predicted molar refractivity (Wildman–Crippen MR) is 139 cm³/mol. The van der Waals surface area contributed by atoms with Crippen molar-refractivity contribution >= 4 is 29.5 Å². The molecule has 8 heteroatoms. The smallest absolute Gasteiger partial charge is 0.311 e. The minimum Gasteiger partial charge on any atom is -0.465 e. The fourth-order valence-corrected chi connectivity index (χ4v) is 8.55.